The van der Waals surface area contributed by atoms with E-state index in [1.54, 1.807) is 0 Å². The molecule has 0 spiro atoms. The summed E-state index contributed by atoms with van der Waals surface area (Å²) in [7, 11) is 0. The van der Waals surface area contributed by atoms with Gasteiger partial charge in [0.15, 0.2) is 0 Å². The number of aryl methyl sites for hydroxylation is 1. The maximum Gasteiger partial charge on any atom is 0.233 e. The van der Waals surface area contributed by atoms with Crippen molar-refractivity contribution in [2.75, 3.05) is 5.73 Å². The minimum absolute atomic E-state index is 0.0463. The van der Waals surface area contributed by atoms with Crippen LogP contribution in [0.4, 0.5) is 5.69 Å². The second-order valence-electron chi connectivity index (χ2n) is 4.46. The predicted molar refractivity (Wildman–Crippen MR) is 74.2 cm³/mol. The van der Waals surface area contributed by atoms with Crippen molar-refractivity contribution >= 4 is 23.4 Å². The topological polar surface area (TPSA) is 55.1 Å². The molecule has 3 nitrogen and oxygen atoms in total. The molecule has 4 heteroatoms. The molecule has 1 amide bonds. The molecular weight excluding hydrogens is 232 g/mol. The minimum atomic E-state index is -0.137. The highest BCUT2D eigenvalue weighted by Gasteiger charge is 2.16. The third-order valence-corrected chi connectivity index (χ3v) is 3.46. The average molecular weight is 252 g/mol. The highest BCUT2D eigenvalue weighted by atomic mass is 32.2. The lowest BCUT2D eigenvalue weighted by Gasteiger charge is -2.15. The third-order valence-electron chi connectivity index (χ3n) is 2.27. The Labute approximate surface area is 107 Å². The van der Waals surface area contributed by atoms with Gasteiger partial charge in [-0.2, -0.15) is 0 Å². The summed E-state index contributed by atoms with van der Waals surface area (Å²) >= 11 is 1.49. The molecule has 1 aromatic carbocycles. The van der Waals surface area contributed by atoms with Crippen molar-refractivity contribution in [1.82, 2.24) is 5.32 Å². The Hall–Kier alpha value is -1.16. The van der Waals surface area contributed by atoms with Gasteiger partial charge in [0, 0.05) is 16.6 Å². The normalized spacial score (nSPS) is 12.5. The Balaban J connectivity index is 2.67. The van der Waals surface area contributed by atoms with E-state index in [4.69, 9.17) is 5.73 Å². The fourth-order valence-corrected chi connectivity index (χ4v) is 2.32. The van der Waals surface area contributed by atoms with Crippen LogP contribution in [0.5, 0.6) is 0 Å². The number of nitrogen functional groups attached to an aromatic ring is 1. The molecule has 0 saturated heterocycles. The molecule has 1 unspecified atom stereocenters. The number of benzene rings is 1. The van der Waals surface area contributed by atoms with Crippen LogP contribution >= 0.6 is 11.8 Å². The first kappa shape index (κ1) is 13.9. The smallest absolute Gasteiger partial charge is 0.233 e. The van der Waals surface area contributed by atoms with Gasteiger partial charge in [-0.15, -0.1) is 11.8 Å². The summed E-state index contributed by atoms with van der Waals surface area (Å²) in [5, 5.41) is 2.76. The van der Waals surface area contributed by atoms with Crippen LogP contribution in [0.1, 0.15) is 26.3 Å². The zero-order valence-corrected chi connectivity index (χ0v) is 11.6. The summed E-state index contributed by atoms with van der Waals surface area (Å²) in [6.45, 7) is 7.80. The summed E-state index contributed by atoms with van der Waals surface area (Å²) in [5.74, 6) is 0.0463. The lowest BCUT2D eigenvalue weighted by Crippen LogP contribution is -2.35. The molecule has 1 atom stereocenters. The highest BCUT2D eigenvalue weighted by Crippen LogP contribution is 2.29. The molecule has 0 radical (unpaired) electrons. The maximum atomic E-state index is 11.8. The van der Waals surface area contributed by atoms with E-state index in [-0.39, 0.29) is 17.2 Å². The van der Waals surface area contributed by atoms with Gasteiger partial charge >= 0.3 is 0 Å². The van der Waals surface area contributed by atoms with Gasteiger partial charge < -0.3 is 11.1 Å². The number of thioether (sulfide) groups is 1. The standard InChI is InChI=1S/C13H20N2OS/c1-8(2)15-13(16)10(4)17-12-6-5-9(3)7-11(12)14/h5-8,10H,14H2,1-4H3,(H,15,16). The fraction of sp³-hybridized carbons (Fsp3) is 0.462. The molecule has 0 aliphatic carbocycles. The maximum absolute atomic E-state index is 11.8. The SMILES string of the molecule is Cc1ccc(SC(C)C(=O)NC(C)C)c(N)c1. The largest absolute Gasteiger partial charge is 0.398 e. The van der Waals surface area contributed by atoms with Crippen LogP contribution in [0.3, 0.4) is 0 Å². The van der Waals surface area contributed by atoms with Gasteiger partial charge in [-0.25, -0.2) is 0 Å². The van der Waals surface area contributed by atoms with E-state index in [0.29, 0.717) is 0 Å². The van der Waals surface area contributed by atoms with Gasteiger partial charge in [-0.1, -0.05) is 6.07 Å². The van der Waals surface area contributed by atoms with Gasteiger partial charge in [-0.05, 0) is 45.4 Å². The summed E-state index contributed by atoms with van der Waals surface area (Å²) < 4.78 is 0. The molecule has 0 bridgehead atoms. The Kier molecular flexibility index (Phi) is 4.87. The van der Waals surface area contributed by atoms with E-state index in [0.717, 1.165) is 16.1 Å². The number of hydrogen-bond acceptors (Lipinski definition) is 3. The molecule has 1 aromatic rings. The van der Waals surface area contributed by atoms with Crippen LogP contribution in [-0.4, -0.2) is 17.2 Å². The average Bonchev–Trinajstić information content (AvgIpc) is 2.21. The molecule has 3 N–H and O–H groups in total. The summed E-state index contributed by atoms with van der Waals surface area (Å²) in [5.41, 5.74) is 7.78. The Morgan fingerprint density at radius 1 is 1.35 bits per heavy atom. The van der Waals surface area contributed by atoms with Gasteiger partial charge in [-0.3, -0.25) is 4.79 Å². The van der Waals surface area contributed by atoms with Crippen LogP contribution in [0.2, 0.25) is 0 Å². The summed E-state index contributed by atoms with van der Waals surface area (Å²) in [6.07, 6.45) is 0. The molecule has 0 aliphatic heterocycles. The van der Waals surface area contributed by atoms with Crippen molar-refractivity contribution in [3.05, 3.63) is 23.8 Å². The van der Waals surface area contributed by atoms with Gasteiger partial charge in [0.05, 0.1) is 5.25 Å². The van der Waals surface area contributed by atoms with Gasteiger partial charge in [0.2, 0.25) is 5.91 Å². The molecule has 0 aliphatic rings. The predicted octanol–water partition coefficient (Wildman–Crippen LogP) is 2.58. The van der Waals surface area contributed by atoms with Crippen molar-refractivity contribution < 1.29 is 4.79 Å². The second kappa shape index (κ2) is 5.96. The Morgan fingerprint density at radius 2 is 2.00 bits per heavy atom. The molecule has 94 valence electrons. The molecule has 0 fully saturated rings. The van der Waals surface area contributed by atoms with E-state index in [1.807, 2.05) is 45.9 Å². The minimum Gasteiger partial charge on any atom is -0.398 e. The fourth-order valence-electron chi connectivity index (χ4n) is 1.42. The van der Waals surface area contributed by atoms with E-state index in [1.165, 1.54) is 11.8 Å². The van der Waals surface area contributed by atoms with Gasteiger partial charge in [0.1, 0.15) is 0 Å². The summed E-state index contributed by atoms with van der Waals surface area (Å²) in [6, 6.07) is 6.07. The van der Waals surface area contributed by atoms with E-state index < -0.39 is 0 Å². The van der Waals surface area contributed by atoms with E-state index >= 15 is 0 Å². The number of nitrogens with one attached hydrogen (secondary N) is 1. The molecule has 1 rings (SSSR count). The van der Waals surface area contributed by atoms with E-state index in [2.05, 4.69) is 5.32 Å². The number of amides is 1. The monoisotopic (exact) mass is 252 g/mol. The van der Waals surface area contributed by atoms with Crippen molar-refractivity contribution in [2.45, 2.75) is 43.9 Å². The number of anilines is 1. The number of rotatable bonds is 4. The van der Waals surface area contributed by atoms with Crippen LogP contribution in [-0.2, 0) is 4.79 Å². The second-order valence-corrected chi connectivity index (χ2v) is 5.85. The molecule has 17 heavy (non-hydrogen) atoms. The number of nitrogens with two attached hydrogens (primary N) is 1. The van der Waals surface area contributed by atoms with Crippen molar-refractivity contribution in [3.63, 3.8) is 0 Å². The Morgan fingerprint density at radius 3 is 2.53 bits per heavy atom. The first-order chi connectivity index (χ1) is 7.90. The van der Waals surface area contributed by atoms with E-state index in [9.17, 15) is 4.79 Å². The molecule has 0 saturated carbocycles. The lowest BCUT2D eigenvalue weighted by atomic mass is 10.2. The van der Waals surface area contributed by atoms with Crippen molar-refractivity contribution in [2.24, 2.45) is 0 Å². The first-order valence-electron chi connectivity index (χ1n) is 5.73. The first-order valence-corrected chi connectivity index (χ1v) is 6.61. The quantitative estimate of drug-likeness (QED) is 0.639. The summed E-state index contributed by atoms with van der Waals surface area (Å²) in [4.78, 5) is 12.7. The van der Waals surface area contributed by atoms with Crippen LogP contribution in [0.25, 0.3) is 0 Å². The highest BCUT2D eigenvalue weighted by molar-refractivity contribution is 8.00. The lowest BCUT2D eigenvalue weighted by molar-refractivity contribution is -0.120. The zero-order chi connectivity index (χ0) is 13.0. The molecular formula is C13H20N2OS. The Bertz CT molecular complexity index is 404. The van der Waals surface area contributed by atoms with Crippen LogP contribution in [0.15, 0.2) is 23.1 Å². The third kappa shape index (κ3) is 4.30. The number of hydrogen-bond donors (Lipinski definition) is 2. The van der Waals surface area contributed by atoms with Crippen LogP contribution < -0.4 is 11.1 Å². The van der Waals surface area contributed by atoms with Crippen molar-refractivity contribution in [1.29, 1.82) is 0 Å². The van der Waals surface area contributed by atoms with Crippen molar-refractivity contribution in [3.8, 4) is 0 Å². The number of carbonyl (C=O) groups excluding carboxylic acids is 1. The van der Waals surface area contributed by atoms with Crippen LogP contribution in [0, 0.1) is 6.92 Å². The number of carbonyl (C=O) groups is 1. The molecule has 0 aromatic heterocycles. The molecule has 0 heterocycles. The zero-order valence-electron chi connectivity index (χ0n) is 10.8. The van der Waals surface area contributed by atoms with Gasteiger partial charge in [0.25, 0.3) is 0 Å².